The van der Waals surface area contributed by atoms with Crippen molar-refractivity contribution in [3.63, 3.8) is 0 Å². The second kappa shape index (κ2) is 6.85. The number of halogens is 1. The van der Waals surface area contributed by atoms with Crippen molar-refractivity contribution in [2.24, 2.45) is 0 Å². The minimum Gasteiger partial charge on any atom is -0.444 e. The first kappa shape index (κ1) is 15.0. The first-order valence-corrected chi connectivity index (χ1v) is 6.77. The van der Waals surface area contributed by atoms with E-state index in [1.54, 1.807) is 0 Å². The fourth-order valence-electron chi connectivity index (χ4n) is 1.64. The summed E-state index contributed by atoms with van der Waals surface area (Å²) in [6.07, 6.45) is -0.750. The van der Waals surface area contributed by atoms with Crippen LogP contribution in [-0.2, 0) is 11.3 Å². The second-order valence-corrected chi connectivity index (χ2v) is 5.02. The number of ether oxygens (including phenoxy) is 1. The Morgan fingerprint density at radius 2 is 1.95 bits per heavy atom. The lowest BCUT2D eigenvalue weighted by Crippen LogP contribution is -2.14. The third-order valence-corrected chi connectivity index (χ3v) is 3.10. The van der Waals surface area contributed by atoms with E-state index in [1.807, 2.05) is 30.3 Å². The van der Waals surface area contributed by atoms with E-state index in [2.05, 4.69) is 21.2 Å². The van der Waals surface area contributed by atoms with E-state index >= 15 is 0 Å². The fraction of sp³-hybridized carbons (Fsp3) is 0.0714. The van der Waals surface area contributed by atoms with Gasteiger partial charge in [0.05, 0.1) is 4.92 Å². The molecule has 0 aliphatic rings. The van der Waals surface area contributed by atoms with E-state index in [4.69, 9.17) is 4.74 Å². The minimum atomic E-state index is -0.750. The summed E-state index contributed by atoms with van der Waals surface area (Å²) in [4.78, 5) is 22.0. The van der Waals surface area contributed by atoms with Crippen molar-refractivity contribution < 1.29 is 14.5 Å². The van der Waals surface area contributed by atoms with Gasteiger partial charge in [-0.15, -0.1) is 0 Å². The molecule has 0 heterocycles. The van der Waals surface area contributed by atoms with Gasteiger partial charge in [-0.2, -0.15) is 0 Å². The molecule has 1 N–H and O–H groups in total. The van der Waals surface area contributed by atoms with Crippen molar-refractivity contribution in [1.29, 1.82) is 0 Å². The van der Waals surface area contributed by atoms with Crippen LogP contribution in [0.4, 0.5) is 16.2 Å². The Balaban J connectivity index is 2.02. The summed E-state index contributed by atoms with van der Waals surface area (Å²) in [6, 6.07) is 13.4. The Labute approximate surface area is 129 Å². The summed E-state index contributed by atoms with van der Waals surface area (Å²) in [5.74, 6) is 0. The van der Waals surface area contributed by atoms with Crippen molar-refractivity contribution in [3.05, 3.63) is 68.7 Å². The van der Waals surface area contributed by atoms with Crippen LogP contribution in [0.2, 0.25) is 0 Å². The van der Waals surface area contributed by atoms with Gasteiger partial charge in [-0.3, -0.25) is 15.4 Å². The predicted octanol–water partition coefficient (Wildman–Crippen LogP) is 4.11. The number of hydrogen-bond donors (Lipinski definition) is 1. The first-order valence-electron chi connectivity index (χ1n) is 5.98. The molecule has 0 unspecified atom stereocenters. The van der Waals surface area contributed by atoms with Crippen molar-refractivity contribution >= 4 is 33.4 Å². The maximum absolute atomic E-state index is 11.7. The maximum atomic E-state index is 11.7. The molecule has 6 nitrogen and oxygen atoms in total. The topological polar surface area (TPSA) is 81.5 Å². The van der Waals surface area contributed by atoms with Crippen LogP contribution in [0, 0.1) is 10.1 Å². The molecule has 0 saturated heterocycles. The molecule has 108 valence electrons. The molecule has 21 heavy (non-hydrogen) atoms. The standard InChI is InChI=1S/C14H11BrN2O4/c15-11-6-7-13(17(19)20)12(8-11)16-14(18)21-9-10-4-2-1-3-5-10/h1-8H,9H2,(H,16,18). The van der Waals surface area contributed by atoms with Crippen LogP contribution in [0.1, 0.15) is 5.56 Å². The zero-order chi connectivity index (χ0) is 15.2. The lowest BCUT2D eigenvalue weighted by molar-refractivity contribution is -0.383. The molecule has 0 radical (unpaired) electrons. The molecule has 0 atom stereocenters. The normalized spacial score (nSPS) is 9.95. The van der Waals surface area contributed by atoms with Gasteiger partial charge < -0.3 is 4.74 Å². The summed E-state index contributed by atoms with van der Waals surface area (Å²) in [6.45, 7) is 0.0917. The van der Waals surface area contributed by atoms with Gasteiger partial charge in [-0.1, -0.05) is 46.3 Å². The number of benzene rings is 2. The van der Waals surface area contributed by atoms with Crippen LogP contribution in [0.15, 0.2) is 53.0 Å². The van der Waals surface area contributed by atoms with Crippen LogP contribution >= 0.6 is 15.9 Å². The lowest BCUT2D eigenvalue weighted by atomic mass is 10.2. The quantitative estimate of drug-likeness (QED) is 0.664. The minimum absolute atomic E-state index is 0.0763. The summed E-state index contributed by atoms with van der Waals surface area (Å²) in [5, 5.41) is 13.3. The van der Waals surface area contributed by atoms with E-state index in [0.29, 0.717) is 4.47 Å². The number of nitro benzene ring substituents is 1. The van der Waals surface area contributed by atoms with E-state index in [-0.39, 0.29) is 18.0 Å². The number of rotatable bonds is 4. The highest BCUT2D eigenvalue weighted by molar-refractivity contribution is 9.10. The van der Waals surface area contributed by atoms with E-state index in [0.717, 1.165) is 5.56 Å². The molecule has 0 spiro atoms. The number of hydrogen-bond acceptors (Lipinski definition) is 4. The summed E-state index contributed by atoms with van der Waals surface area (Å²) in [7, 11) is 0. The zero-order valence-corrected chi connectivity index (χ0v) is 12.4. The maximum Gasteiger partial charge on any atom is 0.412 e. The Kier molecular flexibility index (Phi) is 4.89. The third kappa shape index (κ3) is 4.28. The van der Waals surface area contributed by atoms with E-state index in [9.17, 15) is 14.9 Å². The molecule has 0 saturated carbocycles. The number of amides is 1. The Hall–Kier alpha value is -2.41. The largest absolute Gasteiger partial charge is 0.444 e. The molecule has 1 amide bonds. The molecule has 0 bridgehead atoms. The van der Waals surface area contributed by atoms with Crippen molar-refractivity contribution in [1.82, 2.24) is 0 Å². The van der Waals surface area contributed by atoms with Gasteiger partial charge in [0.2, 0.25) is 0 Å². The van der Waals surface area contributed by atoms with Crippen molar-refractivity contribution in [3.8, 4) is 0 Å². The van der Waals surface area contributed by atoms with Gasteiger partial charge in [0.1, 0.15) is 12.3 Å². The van der Waals surface area contributed by atoms with Crippen LogP contribution in [0.3, 0.4) is 0 Å². The average molecular weight is 351 g/mol. The number of nitro groups is 1. The van der Waals surface area contributed by atoms with Crippen LogP contribution in [0.25, 0.3) is 0 Å². The summed E-state index contributed by atoms with van der Waals surface area (Å²) < 4.78 is 5.64. The molecule has 0 aliphatic carbocycles. The monoisotopic (exact) mass is 350 g/mol. The van der Waals surface area contributed by atoms with Crippen molar-refractivity contribution in [2.45, 2.75) is 6.61 Å². The summed E-state index contributed by atoms with van der Waals surface area (Å²) >= 11 is 3.20. The van der Waals surface area contributed by atoms with Crippen LogP contribution < -0.4 is 5.32 Å². The molecular weight excluding hydrogens is 340 g/mol. The van der Waals surface area contributed by atoms with Gasteiger partial charge in [-0.25, -0.2) is 4.79 Å². The van der Waals surface area contributed by atoms with Gasteiger partial charge in [0.15, 0.2) is 0 Å². The summed E-state index contributed by atoms with van der Waals surface area (Å²) in [5.41, 5.74) is 0.707. The zero-order valence-electron chi connectivity index (χ0n) is 10.8. The smallest absolute Gasteiger partial charge is 0.412 e. The van der Waals surface area contributed by atoms with Crippen LogP contribution in [-0.4, -0.2) is 11.0 Å². The number of anilines is 1. The van der Waals surface area contributed by atoms with Crippen LogP contribution in [0.5, 0.6) is 0 Å². The fourth-order valence-corrected chi connectivity index (χ4v) is 2.00. The molecule has 2 aromatic carbocycles. The molecule has 2 aromatic rings. The van der Waals surface area contributed by atoms with Gasteiger partial charge in [0.25, 0.3) is 5.69 Å². The van der Waals surface area contributed by atoms with E-state index in [1.165, 1.54) is 18.2 Å². The average Bonchev–Trinajstić information content (AvgIpc) is 2.46. The second-order valence-electron chi connectivity index (χ2n) is 4.11. The number of nitrogens with one attached hydrogen (secondary N) is 1. The lowest BCUT2D eigenvalue weighted by Gasteiger charge is -2.08. The molecular formula is C14H11BrN2O4. The van der Waals surface area contributed by atoms with Gasteiger partial charge in [-0.05, 0) is 17.7 Å². The molecule has 2 rings (SSSR count). The number of carbonyl (C=O) groups excluding carboxylic acids is 1. The highest BCUT2D eigenvalue weighted by Gasteiger charge is 2.16. The molecule has 0 aromatic heterocycles. The van der Waals surface area contributed by atoms with Gasteiger partial charge >= 0.3 is 6.09 Å². The first-order chi connectivity index (χ1) is 10.1. The highest BCUT2D eigenvalue weighted by atomic mass is 79.9. The highest BCUT2D eigenvalue weighted by Crippen LogP contribution is 2.27. The number of carbonyl (C=O) groups is 1. The molecule has 0 aliphatic heterocycles. The van der Waals surface area contributed by atoms with Gasteiger partial charge in [0, 0.05) is 10.5 Å². The van der Waals surface area contributed by atoms with E-state index < -0.39 is 11.0 Å². The Morgan fingerprint density at radius 1 is 1.24 bits per heavy atom. The predicted molar refractivity (Wildman–Crippen MR) is 81.0 cm³/mol. The van der Waals surface area contributed by atoms with Crippen molar-refractivity contribution in [2.75, 3.05) is 5.32 Å². The number of nitrogens with zero attached hydrogens (tertiary/aromatic N) is 1. The Bertz CT molecular complexity index is 661. The molecule has 0 fully saturated rings. The third-order valence-electron chi connectivity index (χ3n) is 2.60. The Morgan fingerprint density at radius 3 is 2.62 bits per heavy atom. The molecule has 7 heteroatoms. The SMILES string of the molecule is O=C(Nc1cc(Br)ccc1[N+](=O)[O-])OCc1ccccc1.